The molecular formula is C14H19NO4. The van der Waals surface area contributed by atoms with Crippen LogP contribution in [0.4, 0.5) is 5.69 Å². The lowest BCUT2D eigenvalue weighted by Crippen LogP contribution is -2.23. The molecule has 0 aliphatic carbocycles. The first-order valence-electron chi connectivity index (χ1n) is 6.13. The lowest BCUT2D eigenvalue weighted by Gasteiger charge is -2.11. The summed E-state index contributed by atoms with van der Waals surface area (Å²) in [5.41, 5.74) is 1.57. The molecule has 2 N–H and O–H groups in total. The van der Waals surface area contributed by atoms with Crippen molar-refractivity contribution >= 4 is 17.6 Å². The number of carbonyl (C=O) groups is 2. The average Bonchev–Trinajstić information content (AvgIpc) is 2.37. The number of aryl methyl sites for hydroxylation is 1. The van der Waals surface area contributed by atoms with Gasteiger partial charge >= 0.3 is 5.97 Å². The average molecular weight is 265 g/mol. The van der Waals surface area contributed by atoms with Crippen molar-refractivity contribution in [3.8, 4) is 0 Å². The fraction of sp³-hybridized carbons (Fsp3) is 0.429. The van der Waals surface area contributed by atoms with E-state index in [9.17, 15) is 9.59 Å². The Balaban J connectivity index is 2.61. The van der Waals surface area contributed by atoms with Crippen LogP contribution in [0.25, 0.3) is 0 Å². The SMILES string of the molecule is COCC(C)C(=O)Nc1cccc(CCC(=O)O)c1. The molecule has 0 spiro atoms. The second-order valence-electron chi connectivity index (χ2n) is 4.44. The van der Waals surface area contributed by atoms with Crippen molar-refractivity contribution in [2.24, 2.45) is 5.92 Å². The predicted octanol–water partition coefficient (Wildman–Crippen LogP) is 1.92. The van der Waals surface area contributed by atoms with Gasteiger partial charge in [0.15, 0.2) is 0 Å². The van der Waals surface area contributed by atoms with E-state index in [0.29, 0.717) is 18.7 Å². The first-order chi connectivity index (χ1) is 9.02. The van der Waals surface area contributed by atoms with Gasteiger partial charge in [-0.2, -0.15) is 0 Å². The van der Waals surface area contributed by atoms with Crippen LogP contribution in [0, 0.1) is 5.92 Å². The molecule has 0 bridgehead atoms. The van der Waals surface area contributed by atoms with Crippen LogP contribution in [0.5, 0.6) is 0 Å². The van der Waals surface area contributed by atoms with Crippen molar-refractivity contribution in [3.05, 3.63) is 29.8 Å². The first kappa shape index (κ1) is 15.2. The normalized spacial score (nSPS) is 11.9. The quantitative estimate of drug-likeness (QED) is 0.789. The van der Waals surface area contributed by atoms with Gasteiger partial charge in [-0.15, -0.1) is 0 Å². The van der Waals surface area contributed by atoms with Gasteiger partial charge in [0.2, 0.25) is 5.91 Å². The molecule has 0 heterocycles. The number of nitrogens with one attached hydrogen (secondary N) is 1. The van der Waals surface area contributed by atoms with Crippen LogP contribution in [0.15, 0.2) is 24.3 Å². The molecule has 19 heavy (non-hydrogen) atoms. The van der Waals surface area contributed by atoms with Gasteiger partial charge < -0.3 is 15.2 Å². The summed E-state index contributed by atoms with van der Waals surface area (Å²) in [6.45, 7) is 2.15. The zero-order valence-corrected chi connectivity index (χ0v) is 11.2. The summed E-state index contributed by atoms with van der Waals surface area (Å²) in [5.74, 6) is -1.17. The fourth-order valence-electron chi connectivity index (χ4n) is 1.65. The van der Waals surface area contributed by atoms with Gasteiger partial charge in [0.25, 0.3) is 0 Å². The van der Waals surface area contributed by atoms with Crippen molar-refractivity contribution in [1.82, 2.24) is 0 Å². The number of carbonyl (C=O) groups excluding carboxylic acids is 1. The minimum atomic E-state index is -0.830. The van der Waals surface area contributed by atoms with E-state index in [0.717, 1.165) is 5.56 Å². The zero-order chi connectivity index (χ0) is 14.3. The van der Waals surface area contributed by atoms with E-state index in [1.807, 2.05) is 6.07 Å². The number of carboxylic acids is 1. The molecule has 0 radical (unpaired) electrons. The summed E-state index contributed by atoms with van der Waals surface area (Å²) in [6.07, 6.45) is 0.532. The first-order valence-corrected chi connectivity index (χ1v) is 6.13. The maximum atomic E-state index is 11.8. The number of aliphatic carboxylic acids is 1. The standard InChI is InChI=1S/C14H19NO4/c1-10(9-19-2)14(18)15-12-5-3-4-11(8-12)6-7-13(16)17/h3-5,8,10H,6-7,9H2,1-2H3,(H,15,18)(H,16,17). The minimum absolute atomic E-state index is 0.0808. The van der Waals surface area contributed by atoms with Crippen LogP contribution >= 0.6 is 0 Å². The largest absolute Gasteiger partial charge is 0.481 e. The Kier molecular flexibility index (Phi) is 6.02. The van der Waals surface area contributed by atoms with Crippen molar-refractivity contribution in [2.75, 3.05) is 19.0 Å². The Morgan fingerprint density at radius 3 is 2.79 bits per heavy atom. The highest BCUT2D eigenvalue weighted by molar-refractivity contribution is 5.92. The van der Waals surface area contributed by atoms with Crippen LogP contribution in [-0.4, -0.2) is 30.7 Å². The summed E-state index contributed by atoms with van der Waals surface area (Å²) in [5, 5.41) is 11.4. The highest BCUT2D eigenvalue weighted by Gasteiger charge is 2.12. The fourth-order valence-corrected chi connectivity index (χ4v) is 1.65. The van der Waals surface area contributed by atoms with E-state index in [1.54, 1.807) is 32.2 Å². The van der Waals surface area contributed by atoms with Crippen LogP contribution in [0.3, 0.4) is 0 Å². The molecule has 0 aliphatic heterocycles. The molecule has 0 saturated carbocycles. The smallest absolute Gasteiger partial charge is 0.303 e. The molecule has 1 aromatic carbocycles. The van der Waals surface area contributed by atoms with Crippen molar-refractivity contribution in [1.29, 1.82) is 0 Å². The Bertz CT molecular complexity index is 445. The van der Waals surface area contributed by atoms with Crippen LogP contribution < -0.4 is 5.32 Å². The van der Waals surface area contributed by atoms with Gasteiger partial charge in [0, 0.05) is 19.2 Å². The van der Waals surface area contributed by atoms with Gasteiger partial charge in [-0.3, -0.25) is 9.59 Å². The van der Waals surface area contributed by atoms with E-state index in [1.165, 1.54) is 0 Å². The van der Waals surface area contributed by atoms with Crippen molar-refractivity contribution < 1.29 is 19.4 Å². The van der Waals surface area contributed by atoms with Crippen molar-refractivity contribution in [3.63, 3.8) is 0 Å². The van der Waals surface area contributed by atoms with E-state index < -0.39 is 5.97 Å². The van der Waals surface area contributed by atoms with Gasteiger partial charge in [-0.1, -0.05) is 19.1 Å². The topological polar surface area (TPSA) is 75.6 Å². The van der Waals surface area contributed by atoms with E-state index in [2.05, 4.69) is 5.32 Å². The lowest BCUT2D eigenvalue weighted by atomic mass is 10.1. The van der Waals surface area contributed by atoms with Gasteiger partial charge in [-0.25, -0.2) is 0 Å². The number of benzene rings is 1. The Labute approximate surface area is 112 Å². The number of amides is 1. The molecule has 0 aliphatic rings. The molecule has 1 atom stereocenters. The number of hydrogen-bond acceptors (Lipinski definition) is 3. The van der Waals surface area contributed by atoms with E-state index >= 15 is 0 Å². The second kappa shape index (κ2) is 7.53. The van der Waals surface area contributed by atoms with Crippen molar-refractivity contribution in [2.45, 2.75) is 19.8 Å². The zero-order valence-electron chi connectivity index (χ0n) is 11.2. The monoisotopic (exact) mass is 265 g/mol. The Morgan fingerprint density at radius 2 is 2.16 bits per heavy atom. The number of hydrogen-bond donors (Lipinski definition) is 2. The molecule has 1 amide bonds. The number of methoxy groups -OCH3 is 1. The highest BCUT2D eigenvalue weighted by Crippen LogP contribution is 2.13. The molecule has 0 saturated heterocycles. The molecule has 1 rings (SSSR count). The number of anilines is 1. The maximum absolute atomic E-state index is 11.8. The third kappa shape index (κ3) is 5.52. The Morgan fingerprint density at radius 1 is 1.42 bits per heavy atom. The molecule has 1 unspecified atom stereocenters. The summed E-state index contributed by atoms with van der Waals surface area (Å²) >= 11 is 0. The molecule has 1 aromatic rings. The lowest BCUT2D eigenvalue weighted by molar-refractivity contribution is -0.137. The summed E-state index contributed by atoms with van der Waals surface area (Å²) in [6, 6.07) is 7.22. The Hall–Kier alpha value is -1.88. The highest BCUT2D eigenvalue weighted by atomic mass is 16.5. The molecular weight excluding hydrogens is 246 g/mol. The summed E-state index contributed by atoms with van der Waals surface area (Å²) in [4.78, 5) is 22.3. The summed E-state index contributed by atoms with van der Waals surface area (Å²) in [7, 11) is 1.55. The van der Waals surface area contributed by atoms with Gasteiger partial charge in [0.1, 0.15) is 0 Å². The number of carboxylic acid groups (broad SMARTS) is 1. The third-order valence-electron chi connectivity index (χ3n) is 2.69. The predicted molar refractivity (Wildman–Crippen MR) is 72.1 cm³/mol. The number of ether oxygens (including phenoxy) is 1. The van der Waals surface area contributed by atoms with Crippen LogP contribution in [0.1, 0.15) is 18.9 Å². The maximum Gasteiger partial charge on any atom is 0.303 e. The molecule has 5 nitrogen and oxygen atoms in total. The molecule has 104 valence electrons. The minimum Gasteiger partial charge on any atom is -0.481 e. The van der Waals surface area contributed by atoms with Gasteiger partial charge in [0.05, 0.1) is 12.5 Å². The molecule has 0 aromatic heterocycles. The number of rotatable bonds is 7. The van der Waals surface area contributed by atoms with Gasteiger partial charge in [-0.05, 0) is 24.1 Å². The second-order valence-corrected chi connectivity index (χ2v) is 4.44. The van der Waals surface area contributed by atoms with Crippen LogP contribution in [-0.2, 0) is 20.7 Å². The molecule has 5 heteroatoms. The third-order valence-corrected chi connectivity index (χ3v) is 2.69. The summed E-state index contributed by atoms with van der Waals surface area (Å²) < 4.78 is 4.93. The van der Waals surface area contributed by atoms with E-state index in [-0.39, 0.29) is 18.2 Å². The molecule has 0 fully saturated rings. The van der Waals surface area contributed by atoms with Crippen LogP contribution in [0.2, 0.25) is 0 Å². The van der Waals surface area contributed by atoms with E-state index in [4.69, 9.17) is 9.84 Å².